The number of likely N-dealkylation sites (tertiary alicyclic amines) is 1. The van der Waals surface area contributed by atoms with Crippen molar-refractivity contribution < 1.29 is 14.3 Å². The van der Waals surface area contributed by atoms with E-state index in [1.165, 1.54) is 0 Å². The van der Waals surface area contributed by atoms with Crippen LogP contribution in [0.15, 0.2) is 54.6 Å². The molecule has 1 saturated heterocycles. The van der Waals surface area contributed by atoms with E-state index in [1.54, 1.807) is 23.8 Å². The number of benzene rings is 2. The first-order valence-electron chi connectivity index (χ1n) is 8.91. The van der Waals surface area contributed by atoms with Crippen LogP contribution in [0.3, 0.4) is 0 Å². The molecule has 0 radical (unpaired) electrons. The van der Waals surface area contributed by atoms with Crippen LogP contribution in [0, 0.1) is 0 Å². The van der Waals surface area contributed by atoms with Crippen molar-refractivity contribution in [3.63, 3.8) is 0 Å². The fourth-order valence-electron chi connectivity index (χ4n) is 3.17. The lowest BCUT2D eigenvalue weighted by molar-refractivity contribution is -0.142. The van der Waals surface area contributed by atoms with E-state index in [1.807, 2.05) is 54.6 Å². The van der Waals surface area contributed by atoms with Crippen LogP contribution in [0.5, 0.6) is 11.5 Å². The molecule has 0 aromatic heterocycles. The van der Waals surface area contributed by atoms with Crippen molar-refractivity contribution in [2.75, 3.05) is 13.6 Å². The molecule has 136 valence electrons. The van der Waals surface area contributed by atoms with Gasteiger partial charge in [-0.1, -0.05) is 30.3 Å². The first-order chi connectivity index (χ1) is 12.5. The monoisotopic (exact) mass is 352 g/mol. The number of hydrogen-bond donors (Lipinski definition) is 0. The second-order valence-corrected chi connectivity index (χ2v) is 6.62. The van der Waals surface area contributed by atoms with Gasteiger partial charge in [0.1, 0.15) is 17.5 Å². The van der Waals surface area contributed by atoms with Gasteiger partial charge in [0, 0.05) is 26.6 Å². The lowest BCUT2D eigenvalue weighted by Gasteiger charge is -2.28. The molecule has 2 aromatic carbocycles. The maximum atomic E-state index is 12.6. The van der Waals surface area contributed by atoms with Gasteiger partial charge >= 0.3 is 0 Å². The zero-order chi connectivity index (χ0) is 18.5. The Kier molecular flexibility index (Phi) is 5.56. The topological polar surface area (TPSA) is 49.9 Å². The number of ether oxygens (including phenoxy) is 1. The molecule has 3 rings (SSSR count). The lowest BCUT2D eigenvalue weighted by Crippen LogP contribution is -2.46. The quantitative estimate of drug-likeness (QED) is 0.800. The predicted molar refractivity (Wildman–Crippen MR) is 99.8 cm³/mol. The van der Waals surface area contributed by atoms with Crippen molar-refractivity contribution in [3.8, 4) is 11.5 Å². The van der Waals surface area contributed by atoms with Crippen molar-refractivity contribution in [1.29, 1.82) is 0 Å². The van der Waals surface area contributed by atoms with E-state index >= 15 is 0 Å². The van der Waals surface area contributed by atoms with Crippen molar-refractivity contribution in [2.45, 2.75) is 32.4 Å². The maximum absolute atomic E-state index is 12.6. The summed E-state index contributed by atoms with van der Waals surface area (Å²) in [5, 5.41) is 0. The molecular weight excluding hydrogens is 328 g/mol. The smallest absolute Gasteiger partial charge is 0.245 e. The summed E-state index contributed by atoms with van der Waals surface area (Å²) in [5.74, 6) is 1.58. The maximum Gasteiger partial charge on any atom is 0.245 e. The summed E-state index contributed by atoms with van der Waals surface area (Å²) in [5.41, 5.74) is 1.02. The lowest BCUT2D eigenvalue weighted by atomic mass is 10.2. The average Bonchev–Trinajstić information content (AvgIpc) is 3.09. The van der Waals surface area contributed by atoms with Gasteiger partial charge in [-0.2, -0.15) is 0 Å². The van der Waals surface area contributed by atoms with Crippen LogP contribution in [0.25, 0.3) is 0 Å². The van der Waals surface area contributed by atoms with Crippen molar-refractivity contribution in [1.82, 2.24) is 9.80 Å². The van der Waals surface area contributed by atoms with Gasteiger partial charge in [0.25, 0.3) is 0 Å². The number of nitrogens with zero attached hydrogens (tertiary/aromatic N) is 2. The fraction of sp³-hybridized carbons (Fsp3) is 0.333. The van der Waals surface area contributed by atoms with Crippen LogP contribution < -0.4 is 4.74 Å². The number of amides is 2. The number of carbonyl (C=O) groups is 2. The van der Waals surface area contributed by atoms with E-state index < -0.39 is 6.04 Å². The molecule has 0 aliphatic carbocycles. The summed E-state index contributed by atoms with van der Waals surface area (Å²) >= 11 is 0. The molecule has 26 heavy (non-hydrogen) atoms. The predicted octanol–water partition coefficient (Wildman–Crippen LogP) is 3.45. The van der Waals surface area contributed by atoms with Gasteiger partial charge < -0.3 is 14.5 Å². The molecule has 5 nitrogen and oxygen atoms in total. The third kappa shape index (κ3) is 4.23. The van der Waals surface area contributed by atoms with Crippen LogP contribution in [0.2, 0.25) is 0 Å². The van der Waals surface area contributed by atoms with Gasteiger partial charge in [0.05, 0.1) is 0 Å². The molecule has 2 aromatic rings. The Labute approximate surface area is 154 Å². The molecule has 1 heterocycles. The molecule has 0 saturated carbocycles. The Bertz CT molecular complexity index is 759. The highest BCUT2D eigenvalue weighted by Crippen LogP contribution is 2.22. The van der Waals surface area contributed by atoms with E-state index in [9.17, 15) is 9.59 Å². The second-order valence-electron chi connectivity index (χ2n) is 6.62. The molecule has 0 unspecified atom stereocenters. The zero-order valence-electron chi connectivity index (χ0n) is 15.2. The largest absolute Gasteiger partial charge is 0.457 e. The minimum absolute atomic E-state index is 0.0372. The Hall–Kier alpha value is -2.82. The molecular formula is C21H24N2O3. The van der Waals surface area contributed by atoms with E-state index in [4.69, 9.17) is 4.74 Å². The highest BCUT2D eigenvalue weighted by Gasteiger charge is 2.30. The summed E-state index contributed by atoms with van der Waals surface area (Å²) in [6.07, 6.45) is 1.38. The van der Waals surface area contributed by atoms with Crippen molar-refractivity contribution >= 4 is 11.8 Å². The van der Waals surface area contributed by atoms with Gasteiger partial charge in [-0.15, -0.1) is 0 Å². The highest BCUT2D eigenvalue weighted by molar-refractivity contribution is 5.88. The van der Waals surface area contributed by atoms with E-state index in [0.29, 0.717) is 19.5 Å². The number of rotatable bonds is 6. The molecule has 1 aliphatic heterocycles. The summed E-state index contributed by atoms with van der Waals surface area (Å²) in [6, 6.07) is 16.9. The molecule has 1 fully saturated rings. The van der Waals surface area contributed by atoms with Crippen LogP contribution in [0.4, 0.5) is 0 Å². The summed E-state index contributed by atoms with van der Waals surface area (Å²) < 4.78 is 5.78. The fourth-order valence-corrected chi connectivity index (χ4v) is 3.17. The number of carbonyl (C=O) groups excluding carboxylic acids is 2. The summed E-state index contributed by atoms with van der Waals surface area (Å²) in [7, 11) is 1.77. The third-order valence-corrected chi connectivity index (χ3v) is 4.63. The Morgan fingerprint density at radius 3 is 2.38 bits per heavy atom. The number of likely N-dealkylation sites (N-methyl/N-ethyl adjacent to an activating group) is 1. The molecule has 0 spiro atoms. The number of hydrogen-bond acceptors (Lipinski definition) is 3. The first-order valence-corrected chi connectivity index (χ1v) is 8.91. The second kappa shape index (κ2) is 8.04. The van der Waals surface area contributed by atoms with Crippen molar-refractivity contribution in [2.24, 2.45) is 0 Å². The Balaban J connectivity index is 1.57. The molecule has 0 bridgehead atoms. The normalized spacial score (nSPS) is 15.0. The standard InChI is InChI=1S/C21H24N2O3/c1-16(23-14-6-9-20(23)24)21(25)22(2)15-17-10-12-19(13-11-17)26-18-7-4-3-5-8-18/h3-5,7-8,10-13,16H,6,9,14-15H2,1-2H3/t16-/m0/s1. The van der Waals surface area contributed by atoms with Crippen LogP contribution >= 0.6 is 0 Å². The van der Waals surface area contributed by atoms with E-state index in [0.717, 1.165) is 23.5 Å². The van der Waals surface area contributed by atoms with Crippen LogP contribution in [0.1, 0.15) is 25.3 Å². The third-order valence-electron chi connectivity index (χ3n) is 4.63. The zero-order valence-corrected chi connectivity index (χ0v) is 15.2. The average molecular weight is 352 g/mol. The van der Waals surface area contributed by atoms with Gasteiger partial charge in [-0.05, 0) is 43.2 Å². The number of para-hydroxylation sites is 1. The highest BCUT2D eigenvalue weighted by atomic mass is 16.5. The summed E-state index contributed by atoms with van der Waals surface area (Å²) in [4.78, 5) is 27.8. The first kappa shape index (κ1) is 18.0. The molecule has 0 N–H and O–H groups in total. The minimum Gasteiger partial charge on any atom is -0.457 e. The van der Waals surface area contributed by atoms with Crippen molar-refractivity contribution in [3.05, 3.63) is 60.2 Å². The van der Waals surface area contributed by atoms with E-state index in [-0.39, 0.29) is 11.8 Å². The van der Waals surface area contributed by atoms with Gasteiger partial charge in [0.2, 0.25) is 11.8 Å². The Morgan fingerprint density at radius 2 is 1.77 bits per heavy atom. The SMILES string of the molecule is C[C@@H](C(=O)N(C)Cc1ccc(Oc2ccccc2)cc1)N1CCCC1=O. The van der Waals surface area contributed by atoms with Gasteiger partial charge in [-0.25, -0.2) is 0 Å². The van der Waals surface area contributed by atoms with Crippen LogP contribution in [-0.4, -0.2) is 41.2 Å². The van der Waals surface area contributed by atoms with Crippen LogP contribution in [-0.2, 0) is 16.1 Å². The van der Waals surface area contributed by atoms with Gasteiger partial charge in [0.15, 0.2) is 0 Å². The molecule has 5 heteroatoms. The minimum atomic E-state index is -0.407. The summed E-state index contributed by atoms with van der Waals surface area (Å²) in [6.45, 7) is 2.97. The molecule has 1 aliphatic rings. The molecule has 2 amide bonds. The van der Waals surface area contributed by atoms with E-state index in [2.05, 4.69) is 0 Å². The molecule has 1 atom stereocenters. The van der Waals surface area contributed by atoms with Gasteiger partial charge in [-0.3, -0.25) is 9.59 Å². The Morgan fingerprint density at radius 1 is 1.12 bits per heavy atom.